The van der Waals surface area contributed by atoms with Crippen LogP contribution in [0.15, 0.2) is 18.2 Å². The Morgan fingerprint density at radius 3 is 2.89 bits per heavy atom. The molecule has 1 N–H and O–H groups in total. The number of carbonyl (C=O) groups excluding carboxylic acids is 1. The average Bonchev–Trinajstić information content (AvgIpc) is 2.85. The number of anilines is 1. The summed E-state index contributed by atoms with van der Waals surface area (Å²) in [5, 5.41) is 3.49. The van der Waals surface area contributed by atoms with Crippen LogP contribution in [0.3, 0.4) is 0 Å². The number of nitrogens with one attached hydrogen (secondary N) is 1. The predicted molar refractivity (Wildman–Crippen MR) is 71.1 cm³/mol. The molecule has 0 bridgehead atoms. The lowest BCUT2D eigenvalue weighted by molar-refractivity contribution is -0.120. The van der Waals surface area contributed by atoms with Crippen molar-refractivity contribution in [2.24, 2.45) is 5.92 Å². The molecule has 1 saturated carbocycles. The van der Waals surface area contributed by atoms with E-state index < -0.39 is 0 Å². The van der Waals surface area contributed by atoms with Gasteiger partial charge in [0.25, 0.3) is 0 Å². The van der Waals surface area contributed by atoms with Gasteiger partial charge in [-0.15, -0.1) is 0 Å². The molecule has 1 aliphatic carbocycles. The normalized spacial score (nSPS) is 19.4. The largest absolute Gasteiger partial charge is 0.493 e. The van der Waals surface area contributed by atoms with E-state index in [2.05, 4.69) is 23.5 Å². The molecule has 1 aromatic rings. The van der Waals surface area contributed by atoms with Gasteiger partial charge in [0, 0.05) is 31.5 Å². The molecule has 0 unspecified atom stereocenters. The highest BCUT2D eigenvalue weighted by Gasteiger charge is 2.18. The summed E-state index contributed by atoms with van der Waals surface area (Å²) in [6.45, 7) is 1.79. The maximum absolute atomic E-state index is 11.2. The quantitative estimate of drug-likeness (QED) is 0.890. The smallest absolute Gasteiger partial charge is 0.132 e. The molecule has 0 saturated heterocycles. The Labute approximate surface area is 108 Å². The van der Waals surface area contributed by atoms with Crippen molar-refractivity contribution in [3.8, 4) is 5.75 Å². The summed E-state index contributed by atoms with van der Waals surface area (Å²) in [4.78, 5) is 11.2. The molecule has 0 aromatic heterocycles. The molecule has 3 heteroatoms. The highest BCUT2D eigenvalue weighted by Crippen LogP contribution is 2.28. The second kappa shape index (κ2) is 5.01. The second-order valence-electron chi connectivity index (χ2n) is 5.28. The Morgan fingerprint density at radius 1 is 1.22 bits per heavy atom. The van der Waals surface area contributed by atoms with Gasteiger partial charge in [-0.2, -0.15) is 0 Å². The summed E-state index contributed by atoms with van der Waals surface area (Å²) in [5.41, 5.74) is 2.48. The van der Waals surface area contributed by atoms with E-state index in [4.69, 9.17) is 4.74 Å². The summed E-state index contributed by atoms with van der Waals surface area (Å²) in [5.74, 6) is 2.11. The third-order valence-corrected chi connectivity index (χ3v) is 3.95. The standard InChI is InChI=1S/C15H19NO2/c17-14-4-1-11(2-5-14)10-16-13-3-6-15-12(9-13)7-8-18-15/h3,6,9,11,16H,1-2,4-5,7-8,10H2. The van der Waals surface area contributed by atoms with E-state index in [-0.39, 0.29) is 0 Å². The molecule has 96 valence electrons. The maximum atomic E-state index is 11.2. The van der Waals surface area contributed by atoms with Crippen LogP contribution >= 0.6 is 0 Å². The molecule has 1 aromatic carbocycles. The van der Waals surface area contributed by atoms with E-state index in [0.29, 0.717) is 11.7 Å². The summed E-state index contributed by atoms with van der Waals surface area (Å²) in [7, 11) is 0. The Balaban J connectivity index is 1.55. The number of hydrogen-bond acceptors (Lipinski definition) is 3. The van der Waals surface area contributed by atoms with Gasteiger partial charge in [-0.25, -0.2) is 0 Å². The van der Waals surface area contributed by atoms with Gasteiger partial charge >= 0.3 is 0 Å². The zero-order valence-corrected chi connectivity index (χ0v) is 10.6. The molecule has 0 spiro atoms. The Kier molecular flexibility index (Phi) is 3.22. The fourth-order valence-electron chi connectivity index (χ4n) is 2.76. The van der Waals surface area contributed by atoms with Crippen LogP contribution in [0.5, 0.6) is 5.75 Å². The van der Waals surface area contributed by atoms with Crippen LogP contribution in [0.2, 0.25) is 0 Å². The first-order chi connectivity index (χ1) is 8.81. The molecule has 0 radical (unpaired) electrons. The molecule has 3 nitrogen and oxygen atoms in total. The van der Waals surface area contributed by atoms with Crippen molar-refractivity contribution in [2.45, 2.75) is 32.1 Å². The van der Waals surface area contributed by atoms with E-state index in [1.54, 1.807) is 0 Å². The zero-order valence-electron chi connectivity index (χ0n) is 10.6. The number of ketones is 1. The number of ether oxygens (including phenoxy) is 1. The molecule has 1 fully saturated rings. The number of rotatable bonds is 3. The summed E-state index contributed by atoms with van der Waals surface area (Å²) >= 11 is 0. The molecule has 3 rings (SSSR count). The van der Waals surface area contributed by atoms with Crippen molar-refractivity contribution in [3.63, 3.8) is 0 Å². The van der Waals surface area contributed by atoms with Crippen LogP contribution in [0.1, 0.15) is 31.2 Å². The average molecular weight is 245 g/mol. The minimum atomic E-state index is 0.431. The fraction of sp³-hybridized carbons (Fsp3) is 0.533. The number of hydrogen-bond donors (Lipinski definition) is 1. The van der Waals surface area contributed by atoms with Crippen LogP contribution in [0.4, 0.5) is 5.69 Å². The Hall–Kier alpha value is -1.51. The van der Waals surface area contributed by atoms with Crippen molar-refractivity contribution >= 4 is 11.5 Å². The third kappa shape index (κ3) is 2.50. The van der Waals surface area contributed by atoms with Crippen molar-refractivity contribution in [1.29, 1.82) is 0 Å². The molecule has 1 heterocycles. The van der Waals surface area contributed by atoms with Crippen LogP contribution in [-0.2, 0) is 11.2 Å². The fourth-order valence-corrected chi connectivity index (χ4v) is 2.76. The monoisotopic (exact) mass is 245 g/mol. The first-order valence-corrected chi connectivity index (χ1v) is 6.82. The lowest BCUT2D eigenvalue weighted by atomic mass is 9.88. The summed E-state index contributed by atoms with van der Waals surface area (Å²) in [6.07, 6.45) is 4.64. The second-order valence-corrected chi connectivity index (χ2v) is 5.28. The van der Waals surface area contributed by atoms with E-state index in [0.717, 1.165) is 51.0 Å². The first-order valence-electron chi connectivity index (χ1n) is 6.82. The van der Waals surface area contributed by atoms with Gasteiger partial charge in [0.2, 0.25) is 0 Å². The summed E-state index contributed by atoms with van der Waals surface area (Å²) in [6, 6.07) is 6.32. The first kappa shape index (κ1) is 11.6. The molecular weight excluding hydrogens is 226 g/mol. The molecule has 18 heavy (non-hydrogen) atoms. The molecule has 0 atom stereocenters. The third-order valence-electron chi connectivity index (χ3n) is 3.95. The van der Waals surface area contributed by atoms with Gasteiger partial charge in [-0.05, 0) is 42.5 Å². The van der Waals surface area contributed by atoms with E-state index in [1.165, 1.54) is 11.3 Å². The minimum Gasteiger partial charge on any atom is -0.493 e. The lowest BCUT2D eigenvalue weighted by Gasteiger charge is -2.21. The topological polar surface area (TPSA) is 38.3 Å². The van der Waals surface area contributed by atoms with Crippen molar-refractivity contribution in [1.82, 2.24) is 0 Å². The predicted octanol–water partition coefficient (Wildman–Crippen LogP) is 2.79. The van der Waals surface area contributed by atoms with Crippen LogP contribution in [0.25, 0.3) is 0 Å². The number of fused-ring (bicyclic) bond motifs is 1. The van der Waals surface area contributed by atoms with Gasteiger partial charge in [-0.3, -0.25) is 4.79 Å². The Bertz CT molecular complexity index is 446. The number of carbonyl (C=O) groups is 1. The minimum absolute atomic E-state index is 0.431. The van der Waals surface area contributed by atoms with E-state index in [1.807, 2.05) is 0 Å². The molecule has 0 amide bonds. The van der Waals surface area contributed by atoms with Gasteiger partial charge in [-0.1, -0.05) is 0 Å². The van der Waals surface area contributed by atoms with Gasteiger partial charge in [0.1, 0.15) is 11.5 Å². The lowest BCUT2D eigenvalue weighted by Crippen LogP contribution is -2.21. The van der Waals surface area contributed by atoms with Gasteiger partial charge in [0.15, 0.2) is 0 Å². The highest BCUT2D eigenvalue weighted by atomic mass is 16.5. The van der Waals surface area contributed by atoms with Crippen LogP contribution in [-0.4, -0.2) is 18.9 Å². The number of Topliss-reactive ketones (excluding diaryl/α,β-unsaturated/α-hetero) is 1. The highest BCUT2D eigenvalue weighted by molar-refractivity contribution is 5.79. The van der Waals surface area contributed by atoms with Crippen molar-refractivity contribution in [2.75, 3.05) is 18.5 Å². The van der Waals surface area contributed by atoms with E-state index in [9.17, 15) is 4.79 Å². The molecule has 1 aliphatic heterocycles. The van der Waals surface area contributed by atoms with Gasteiger partial charge < -0.3 is 10.1 Å². The van der Waals surface area contributed by atoms with Crippen molar-refractivity contribution in [3.05, 3.63) is 23.8 Å². The summed E-state index contributed by atoms with van der Waals surface area (Å²) < 4.78 is 5.49. The van der Waals surface area contributed by atoms with E-state index >= 15 is 0 Å². The van der Waals surface area contributed by atoms with Crippen molar-refractivity contribution < 1.29 is 9.53 Å². The maximum Gasteiger partial charge on any atom is 0.132 e. The molecular formula is C15H19NO2. The Morgan fingerprint density at radius 2 is 2.06 bits per heavy atom. The molecule has 2 aliphatic rings. The van der Waals surface area contributed by atoms with Crippen LogP contribution in [0, 0.1) is 5.92 Å². The van der Waals surface area contributed by atoms with Gasteiger partial charge in [0.05, 0.1) is 6.61 Å². The SMILES string of the molecule is O=C1CCC(CNc2ccc3c(c2)CCO3)CC1. The number of benzene rings is 1. The zero-order chi connectivity index (χ0) is 12.4. The van der Waals surface area contributed by atoms with Crippen LogP contribution < -0.4 is 10.1 Å².